The predicted molar refractivity (Wildman–Crippen MR) is 147 cm³/mol. The Bertz CT molecular complexity index is 1270. The summed E-state index contributed by atoms with van der Waals surface area (Å²) in [5.74, 6) is -0.369. The highest BCUT2D eigenvalue weighted by Crippen LogP contribution is 2.29. The number of piperidine rings is 1. The number of H-pyrrole nitrogens is 1. The Kier molecular flexibility index (Phi) is 9.08. The van der Waals surface area contributed by atoms with Crippen LogP contribution in [0.25, 0.3) is 5.57 Å². The third-order valence-electron chi connectivity index (χ3n) is 7.29. The fourth-order valence-corrected chi connectivity index (χ4v) is 4.95. The Balaban J connectivity index is 1.39. The number of halogens is 3. The number of aromatic amines is 1. The Hall–Kier alpha value is -3.93. The monoisotopic (exact) mass is 558 g/mol. The van der Waals surface area contributed by atoms with Gasteiger partial charge in [0.1, 0.15) is 6.42 Å². The lowest BCUT2D eigenvalue weighted by Crippen LogP contribution is -2.44. The number of nitrogens with zero attached hydrogens (tertiary/aromatic N) is 4. The molecule has 0 bridgehead atoms. The van der Waals surface area contributed by atoms with Gasteiger partial charge in [0.05, 0.1) is 11.8 Å². The highest BCUT2D eigenvalue weighted by Gasteiger charge is 2.34. The number of hydrogen-bond acceptors (Lipinski definition) is 4. The molecule has 0 aliphatic carbocycles. The van der Waals surface area contributed by atoms with Gasteiger partial charge >= 0.3 is 18.0 Å². The number of aromatic nitrogens is 1. The van der Waals surface area contributed by atoms with Gasteiger partial charge in [0.2, 0.25) is 5.91 Å². The maximum absolute atomic E-state index is 13.0. The minimum Gasteiger partial charge on any atom is -0.348 e. The molecule has 12 heteroatoms. The number of nitrogens with two attached hydrogens (primary N) is 1. The zero-order chi connectivity index (χ0) is 28.9. The van der Waals surface area contributed by atoms with E-state index in [1.165, 1.54) is 4.90 Å². The number of carbonyl (C=O) groups is 2. The van der Waals surface area contributed by atoms with Gasteiger partial charge in [-0.3, -0.25) is 9.59 Å². The second-order valence-corrected chi connectivity index (χ2v) is 10.2. The highest BCUT2D eigenvalue weighted by atomic mass is 19.4. The van der Waals surface area contributed by atoms with Crippen molar-refractivity contribution in [2.45, 2.75) is 37.9 Å². The van der Waals surface area contributed by atoms with E-state index in [4.69, 9.17) is 5.73 Å². The molecule has 0 unspecified atom stereocenters. The molecule has 0 radical (unpaired) electrons. The average Bonchev–Trinajstić information content (AvgIpc) is 2.92. The first-order valence-corrected chi connectivity index (χ1v) is 13.2. The molecule has 3 heterocycles. The van der Waals surface area contributed by atoms with Gasteiger partial charge < -0.3 is 25.8 Å². The number of likely N-dealkylation sites (tertiary alicyclic amines) is 1. The second-order valence-electron chi connectivity index (χ2n) is 10.2. The largest absolute Gasteiger partial charge is 0.397 e. The first-order valence-electron chi connectivity index (χ1n) is 13.2. The van der Waals surface area contributed by atoms with Crippen molar-refractivity contribution < 1.29 is 27.7 Å². The fourth-order valence-electron chi connectivity index (χ4n) is 4.95. The van der Waals surface area contributed by atoms with Crippen LogP contribution in [0.4, 0.5) is 24.7 Å². The Labute approximate surface area is 231 Å². The Morgan fingerprint density at radius 3 is 2.48 bits per heavy atom. The Morgan fingerprint density at radius 1 is 1.15 bits per heavy atom. The van der Waals surface area contributed by atoms with E-state index in [-0.39, 0.29) is 31.0 Å². The number of alkyl halides is 3. The molecule has 0 saturated carbocycles. The first kappa shape index (κ1) is 29.1. The second kappa shape index (κ2) is 12.5. The van der Waals surface area contributed by atoms with Crippen molar-refractivity contribution in [3.05, 3.63) is 59.8 Å². The molecule has 2 aliphatic rings. The summed E-state index contributed by atoms with van der Waals surface area (Å²) in [6, 6.07) is 10.9. The van der Waals surface area contributed by atoms with Gasteiger partial charge in [0.15, 0.2) is 0 Å². The van der Waals surface area contributed by atoms with Crippen molar-refractivity contribution in [2.75, 3.05) is 45.6 Å². The normalized spacial score (nSPS) is 17.4. The lowest BCUT2D eigenvalue weighted by atomic mass is 10.00. The average molecular weight is 559 g/mol. The van der Waals surface area contributed by atoms with Crippen LogP contribution in [0.2, 0.25) is 0 Å². The molecule has 4 N–H and O–H groups in total. The van der Waals surface area contributed by atoms with Crippen LogP contribution in [0.3, 0.4) is 0 Å². The summed E-state index contributed by atoms with van der Waals surface area (Å²) in [5.41, 5.74) is 9.02. The van der Waals surface area contributed by atoms with Crippen molar-refractivity contribution in [1.29, 1.82) is 0 Å². The minimum absolute atomic E-state index is 0.0225. The van der Waals surface area contributed by atoms with Crippen molar-refractivity contribution in [3.63, 3.8) is 0 Å². The van der Waals surface area contributed by atoms with Crippen molar-refractivity contribution in [1.82, 2.24) is 14.7 Å². The van der Waals surface area contributed by atoms with E-state index in [0.717, 1.165) is 37.1 Å². The van der Waals surface area contributed by atoms with E-state index >= 15 is 0 Å². The summed E-state index contributed by atoms with van der Waals surface area (Å²) in [5, 5.41) is 3.03. The number of rotatable bonds is 6. The maximum atomic E-state index is 13.0. The van der Waals surface area contributed by atoms with Crippen LogP contribution in [0.15, 0.2) is 53.7 Å². The molecule has 1 aromatic carbocycles. The quantitative estimate of drug-likeness (QED) is 0.418. The number of nitrogens with one attached hydrogen (secondary N) is 2. The smallest absolute Gasteiger partial charge is 0.348 e. The number of amides is 2. The molecule has 1 saturated heterocycles. The lowest BCUT2D eigenvalue weighted by molar-refractivity contribution is -0.362. The summed E-state index contributed by atoms with van der Waals surface area (Å²) in [7, 11) is 3.94. The van der Waals surface area contributed by atoms with Crippen molar-refractivity contribution in [2.24, 2.45) is 10.7 Å². The standard InChI is InChI=1S/C28H34F3N7O2/c1-36-14-11-22(12-15-36)37(2)26(40)20-5-7-21(8-6-20)34-27(32)35-25-23(4-3-13-33-25)19-9-16-38(17-10-19)24(39)18-28(29,30)31/h3-9,13,22H,10-12,14-18H2,1-2H3,(H3,32,33,34,35)/p+1. The first-order chi connectivity index (χ1) is 19.0. The summed E-state index contributed by atoms with van der Waals surface area (Å²) in [6.07, 6.45) is -0.262. The van der Waals surface area contributed by atoms with Gasteiger partial charge in [-0.15, -0.1) is 0 Å². The maximum Gasteiger partial charge on any atom is 0.397 e. The van der Waals surface area contributed by atoms with Crippen LogP contribution >= 0.6 is 0 Å². The van der Waals surface area contributed by atoms with Gasteiger partial charge in [-0.05, 0) is 86.4 Å². The van der Waals surface area contributed by atoms with Gasteiger partial charge in [0, 0.05) is 37.4 Å². The predicted octanol–water partition coefficient (Wildman–Crippen LogP) is 3.29. The van der Waals surface area contributed by atoms with E-state index < -0.39 is 18.5 Å². The van der Waals surface area contributed by atoms with Gasteiger partial charge in [0.25, 0.3) is 5.91 Å². The molecular formula is C28H35F3N7O2+. The molecule has 1 fully saturated rings. The molecule has 9 nitrogen and oxygen atoms in total. The number of aliphatic imine (C=N–C) groups is 1. The van der Waals surface area contributed by atoms with E-state index in [1.807, 2.05) is 18.0 Å². The topological polar surface area (TPSA) is 108 Å². The van der Waals surface area contributed by atoms with Crippen LogP contribution in [0.1, 0.15) is 41.6 Å². The van der Waals surface area contributed by atoms with E-state index in [0.29, 0.717) is 23.5 Å². The molecule has 0 atom stereocenters. The van der Waals surface area contributed by atoms with E-state index in [2.05, 4.69) is 27.2 Å². The minimum atomic E-state index is -4.53. The van der Waals surface area contributed by atoms with E-state index in [9.17, 15) is 22.8 Å². The molecule has 4 rings (SSSR count). The van der Waals surface area contributed by atoms with Gasteiger partial charge in [-0.25, -0.2) is 4.98 Å². The number of pyridine rings is 1. The third kappa shape index (κ3) is 7.59. The molecule has 1 aromatic heterocycles. The van der Waals surface area contributed by atoms with Gasteiger partial charge in [-0.2, -0.15) is 13.2 Å². The number of carbonyl (C=O) groups excluding carboxylic acids is 2. The summed E-state index contributed by atoms with van der Waals surface area (Å²) < 4.78 is 37.8. The zero-order valence-electron chi connectivity index (χ0n) is 22.7. The van der Waals surface area contributed by atoms with Crippen LogP contribution in [0.5, 0.6) is 0 Å². The van der Waals surface area contributed by atoms with Crippen molar-refractivity contribution in [3.8, 4) is 0 Å². The summed E-state index contributed by atoms with van der Waals surface area (Å²) in [6.45, 7) is 2.22. The van der Waals surface area contributed by atoms with E-state index in [1.54, 1.807) is 42.6 Å². The molecular weight excluding hydrogens is 523 g/mol. The number of anilines is 1. The lowest BCUT2D eigenvalue weighted by Gasteiger charge is -2.35. The molecule has 2 aromatic rings. The Morgan fingerprint density at radius 2 is 1.85 bits per heavy atom. The number of benzene rings is 1. The SMILES string of the molecule is CN1CCC(N(C)C(=O)c2ccc(N/C(N)=N/c3[nH+]cccc3C3=CCN(C(=O)CC(F)(F)F)CC3)cc2)CC1. The van der Waals surface area contributed by atoms with Crippen LogP contribution in [-0.4, -0.2) is 85.0 Å². The number of guanidine groups is 1. The summed E-state index contributed by atoms with van der Waals surface area (Å²) in [4.78, 5) is 37.7. The molecule has 214 valence electrons. The zero-order valence-corrected chi connectivity index (χ0v) is 22.7. The van der Waals surface area contributed by atoms with Gasteiger partial charge in [-0.1, -0.05) is 6.08 Å². The molecule has 2 aliphatic heterocycles. The molecule has 0 spiro atoms. The summed E-state index contributed by atoms with van der Waals surface area (Å²) >= 11 is 0. The third-order valence-corrected chi connectivity index (χ3v) is 7.29. The number of hydrogen-bond donors (Lipinski definition) is 2. The molecule has 2 amide bonds. The highest BCUT2D eigenvalue weighted by molar-refractivity contribution is 5.97. The fraction of sp³-hybridized carbons (Fsp3) is 0.429. The van der Waals surface area contributed by atoms with Crippen molar-refractivity contribution >= 4 is 34.9 Å². The van der Waals surface area contributed by atoms with Crippen LogP contribution < -0.4 is 16.0 Å². The van der Waals surface area contributed by atoms with Crippen LogP contribution in [-0.2, 0) is 4.79 Å². The molecule has 40 heavy (non-hydrogen) atoms. The van der Waals surface area contributed by atoms with Crippen LogP contribution in [0, 0.1) is 0 Å².